The molecule has 2 heterocycles. The minimum Gasteiger partial charge on any atom is -0.328 e. The van der Waals surface area contributed by atoms with Crippen LogP contribution >= 0.6 is 0 Å². The maximum absolute atomic E-state index is 12.7. The van der Waals surface area contributed by atoms with Gasteiger partial charge >= 0.3 is 6.03 Å². The van der Waals surface area contributed by atoms with Crippen LogP contribution < -0.4 is 10.6 Å². The summed E-state index contributed by atoms with van der Waals surface area (Å²) < 4.78 is 1.69. The number of aromatic nitrogens is 4. The van der Waals surface area contributed by atoms with Crippen LogP contribution in [0.2, 0.25) is 0 Å². The van der Waals surface area contributed by atoms with E-state index in [9.17, 15) is 4.79 Å². The summed E-state index contributed by atoms with van der Waals surface area (Å²) in [4.78, 5) is 21.3. The number of hydrogen-bond acceptors (Lipinski definition) is 4. The van der Waals surface area contributed by atoms with Gasteiger partial charge in [0.2, 0.25) is 0 Å². The van der Waals surface area contributed by atoms with E-state index in [0.29, 0.717) is 0 Å². The third-order valence-electron chi connectivity index (χ3n) is 4.62. The van der Waals surface area contributed by atoms with E-state index in [1.54, 1.807) is 10.9 Å². The SMILES string of the molecule is CC(C)[C@H](NC(=O)Nc1ccccc1CCc1ccccn1)c1ncnn1C. The lowest BCUT2D eigenvalue weighted by molar-refractivity contribution is 0.243. The van der Waals surface area contributed by atoms with Gasteiger partial charge in [-0.2, -0.15) is 5.10 Å². The maximum atomic E-state index is 12.7. The van der Waals surface area contributed by atoms with Gasteiger partial charge < -0.3 is 10.6 Å². The maximum Gasteiger partial charge on any atom is 0.319 e. The molecule has 1 atom stereocenters. The second kappa shape index (κ2) is 9.12. The van der Waals surface area contributed by atoms with Crippen molar-refractivity contribution in [2.75, 3.05) is 5.32 Å². The van der Waals surface area contributed by atoms with Crippen LogP contribution in [-0.4, -0.2) is 25.8 Å². The number of urea groups is 1. The first-order chi connectivity index (χ1) is 13.5. The zero-order valence-corrected chi connectivity index (χ0v) is 16.5. The standard InChI is InChI=1S/C21H26N6O/c1-15(2)19(20-23-14-24-27(20)3)26-21(28)25-18-10-5-4-8-16(18)11-12-17-9-6-7-13-22-17/h4-10,13-15,19H,11-12H2,1-3H3,(H2,25,26,28)/t19-/m0/s1. The number of carbonyl (C=O) groups is 1. The second-order valence-corrected chi connectivity index (χ2v) is 7.04. The highest BCUT2D eigenvalue weighted by molar-refractivity contribution is 5.90. The van der Waals surface area contributed by atoms with Gasteiger partial charge in [0.15, 0.2) is 0 Å². The Balaban J connectivity index is 1.67. The van der Waals surface area contributed by atoms with Crippen molar-refractivity contribution in [3.8, 4) is 0 Å². The van der Waals surface area contributed by atoms with Gasteiger partial charge in [0, 0.05) is 24.6 Å². The van der Waals surface area contributed by atoms with Gasteiger partial charge in [-0.3, -0.25) is 9.67 Å². The predicted octanol–water partition coefficient (Wildman–Crippen LogP) is 3.51. The molecule has 0 unspecified atom stereocenters. The Bertz CT molecular complexity index is 906. The van der Waals surface area contributed by atoms with Crippen LogP contribution in [0.1, 0.15) is 37.0 Å². The van der Waals surface area contributed by atoms with Crippen LogP contribution in [0.15, 0.2) is 55.0 Å². The molecule has 3 aromatic rings. The van der Waals surface area contributed by atoms with E-state index in [4.69, 9.17) is 0 Å². The molecule has 0 saturated heterocycles. The number of para-hydroxylation sites is 1. The molecule has 0 aliphatic heterocycles. The number of amides is 2. The van der Waals surface area contributed by atoms with E-state index >= 15 is 0 Å². The molecule has 2 amide bonds. The van der Waals surface area contributed by atoms with E-state index < -0.39 is 0 Å². The Kier molecular flexibility index (Phi) is 6.37. The van der Waals surface area contributed by atoms with E-state index in [-0.39, 0.29) is 18.0 Å². The summed E-state index contributed by atoms with van der Waals surface area (Å²) in [6.45, 7) is 4.08. The molecule has 0 aliphatic carbocycles. The lowest BCUT2D eigenvalue weighted by Crippen LogP contribution is -2.36. The van der Waals surface area contributed by atoms with Crippen LogP contribution in [0.3, 0.4) is 0 Å². The molecule has 0 radical (unpaired) electrons. The largest absolute Gasteiger partial charge is 0.328 e. The third-order valence-corrected chi connectivity index (χ3v) is 4.62. The number of benzene rings is 1. The summed E-state index contributed by atoms with van der Waals surface area (Å²) in [6.07, 6.45) is 4.90. The van der Waals surface area contributed by atoms with Gasteiger partial charge in [-0.1, -0.05) is 38.1 Å². The average Bonchev–Trinajstić information content (AvgIpc) is 3.11. The molecule has 7 heteroatoms. The van der Waals surface area contributed by atoms with Gasteiger partial charge in [0.05, 0.1) is 6.04 Å². The summed E-state index contributed by atoms with van der Waals surface area (Å²) in [5.41, 5.74) is 2.91. The van der Waals surface area contributed by atoms with Crippen molar-refractivity contribution in [2.24, 2.45) is 13.0 Å². The number of pyridine rings is 1. The van der Waals surface area contributed by atoms with Crippen molar-refractivity contribution in [1.29, 1.82) is 0 Å². The van der Waals surface area contributed by atoms with Crippen molar-refractivity contribution < 1.29 is 4.79 Å². The zero-order chi connectivity index (χ0) is 19.9. The van der Waals surface area contributed by atoms with Crippen molar-refractivity contribution in [2.45, 2.75) is 32.7 Å². The van der Waals surface area contributed by atoms with Crippen molar-refractivity contribution in [3.63, 3.8) is 0 Å². The molecule has 1 aromatic carbocycles. The normalized spacial score (nSPS) is 12.0. The Morgan fingerprint density at radius 2 is 1.86 bits per heavy atom. The number of anilines is 1. The molecule has 28 heavy (non-hydrogen) atoms. The van der Waals surface area contributed by atoms with Gasteiger partial charge in [-0.15, -0.1) is 0 Å². The van der Waals surface area contributed by atoms with E-state index in [0.717, 1.165) is 35.6 Å². The number of nitrogens with zero attached hydrogens (tertiary/aromatic N) is 4. The molecule has 3 rings (SSSR count). The monoisotopic (exact) mass is 378 g/mol. The Morgan fingerprint density at radius 3 is 2.54 bits per heavy atom. The van der Waals surface area contributed by atoms with Crippen LogP contribution in [0, 0.1) is 5.92 Å². The number of rotatable bonds is 7. The molecule has 0 fully saturated rings. The topological polar surface area (TPSA) is 84.7 Å². The quantitative estimate of drug-likeness (QED) is 0.659. The Labute approximate surface area is 165 Å². The van der Waals surface area contributed by atoms with Crippen molar-refractivity contribution >= 4 is 11.7 Å². The summed E-state index contributed by atoms with van der Waals surface area (Å²) in [6, 6.07) is 13.3. The summed E-state index contributed by atoms with van der Waals surface area (Å²) in [5.74, 6) is 0.904. The molecule has 0 saturated carbocycles. The third kappa shape index (κ3) is 4.94. The zero-order valence-electron chi connectivity index (χ0n) is 16.5. The number of hydrogen-bond donors (Lipinski definition) is 2. The molecular formula is C21H26N6O. The molecule has 0 bridgehead atoms. The summed E-state index contributed by atoms with van der Waals surface area (Å²) >= 11 is 0. The lowest BCUT2D eigenvalue weighted by atomic mass is 10.0. The van der Waals surface area contributed by atoms with Crippen LogP contribution in [0.4, 0.5) is 10.5 Å². The Hall–Kier alpha value is -3.22. The minimum absolute atomic E-state index is 0.174. The highest BCUT2D eigenvalue weighted by atomic mass is 16.2. The van der Waals surface area contributed by atoms with Crippen LogP contribution in [-0.2, 0) is 19.9 Å². The van der Waals surface area contributed by atoms with Gasteiger partial charge in [-0.25, -0.2) is 9.78 Å². The van der Waals surface area contributed by atoms with Gasteiger partial charge in [0.25, 0.3) is 0 Å². The van der Waals surface area contributed by atoms with E-state index in [1.807, 2.05) is 63.4 Å². The van der Waals surface area contributed by atoms with Gasteiger partial charge in [-0.05, 0) is 42.5 Å². The van der Waals surface area contributed by atoms with Crippen molar-refractivity contribution in [1.82, 2.24) is 25.1 Å². The van der Waals surface area contributed by atoms with E-state index in [1.165, 1.54) is 6.33 Å². The highest BCUT2D eigenvalue weighted by Gasteiger charge is 2.22. The minimum atomic E-state index is -0.257. The summed E-state index contributed by atoms with van der Waals surface area (Å²) in [7, 11) is 1.82. The first-order valence-electron chi connectivity index (χ1n) is 9.44. The number of nitrogens with one attached hydrogen (secondary N) is 2. The molecule has 0 aliphatic rings. The molecular weight excluding hydrogens is 352 g/mol. The van der Waals surface area contributed by atoms with E-state index in [2.05, 4.69) is 25.7 Å². The number of carbonyl (C=O) groups excluding carboxylic acids is 1. The van der Waals surface area contributed by atoms with Crippen LogP contribution in [0.25, 0.3) is 0 Å². The Morgan fingerprint density at radius 1 is 1.07 bits per heavy atom. The first-order valence-corrected chi connectivity index (χ1v) is 9.44. The lowest BCUT2D eigenvalue weighted by Gasteiger charge is -2.22. The molecule has 7 nitrogen and oxygen atoms in total. The average molecular weight is 378 g/mol. The first kappa shape index (κ1) is 19.5. The van der Waals surface area contributed by atoms with Gasteiger partial charge in [0.1, 0.15) is 12.2 Å². The highest BCUT2D eigenvalue weighted by Crippen LogP contribution is 2.21. The predicted molar refractivity (Wildman–Crippen MR) is 109 cm³/mol. The molecule has 146 valence electrons. The number of aryl methyl sites for hydroxylation is 3. The fourth-order valence-corrected chi connectivity index (χ4v) is 3.08. The van der Waals surface area contributed by atoms with Crippen molar-refractivity contribution in [3.05, 3.63) is 72.1 Å². The van der Waals surface area contributed by atoms with Crippen LogP contribution in [0.5, 0.6) is 0 Å². The fourth-order valence-electron chi connectivity index (χ4n) is 3.08. The molecule has 2 N–H and O–H groups in total. The summed E-state index contributed by atoms with van der Waals surface area (Å²) in [5, 5.41) is 10.1. The second-order valence-electron chi connectivity index (χ2n) is 7.04. The molecule has 0 spiro atoms. The smallest absolute Gasteiger partial charge is 0.319 e. The molecule has 2 aromatic heterocycles. The fraction of sp³-hybridized carbons (Fsp3) is 0.333.